The molecule has 0 saturated heterocycles. The molecule has 1 amide bonds. The van der Waals surface area contributed by atoms with E-state index >= 15 is 0 Å². The van der Waals surface area contributed by atoms with Gasteiger partial charge in [0.2, 0.25) is 5.91 Å². The molecule has 4 heteroatoms. The molecule has 16 heavy (non-hydrogen) atoms. The van der Waals surface area contributed by atoms with Gasteiger partial charge in [0, 0.05) is 6.54 Å². The fraction of sp³-hybridized carbons (Fsp3) is 0.417. The minimum Gasteiger partial charge on any atom is -0.392 e. The van der Waals surface area contributed by atoms with Crippen LogP contribution in [0.25, 0.3) is 0 Å². The summed E-state index contributed by atoms with van der Waals surface area (Å²) in [4.78, 5) is 11.4. The molecule has 88 valence electrons. The summed E-state index contributed by atoms with van der Waals surface area (Å²) in [6, 6.07) is 6.99. The fourth-order valence-corrected chi connectivity index (χ4v) is 1.27. The second-order valence-corrected chi connectivity index (χ2v) is 3.71. The maximum atomic E-state index is 11.4. The van der Waals surface area contributed by atoms with E-state index in [1.807, 2.05) is 31.2 Å². The molecule has 1 unspecified atom stereocenters. The average Bonchev–Trinajstić information content (AvgIpc) is 2.35. The van der Waals surface area contributed by atoms with Crippen molar-refractivity contribution in [2.75, 3.05) is 0 Å². The zero-order valence-electron chi connectivity index (χ0n) is 9.44. The topological polar surface area (TPSA) is 75.4 Å². The quantitative estimate of drug-likeness (QED) is 0.680. The van der Waals surface area contributed by atoms with Gasteiger partial charge in [-0.1, -0.05) is 31.2 Å². The summed E-state index contributed by atoms with van der Waals surface area (Å²) in [6.07, 6.45) is 0.634. The molecule has 1 aromatic carbocycles. The third kappa shape index (κ3) is 3.64. The van der Waals surface area contributed by atoms with E-state index in [4.69, 9.17) is 10.8 Å². The van der Waals surface area contributed by atoms with Gasteiger partial charge in [0.1, 0.15) is 0 Å². The third-order valence-electron chi connectivity index (χ3n) is 2.45. The van der Waals surface area contributed by atoms with E-state index in [1.54, 1.807) is 0 Å². The molecule has 1 atom stereocenters. The summed E-state index contributed by atoms with van der Waals surface area (Å²) >= 11 is 0. The number of aliphatic hydroxyl groups is 1. The Morgan fingerprint density at radius 1 is 1.38 bits per heavy atom. The molecule has 0 bridgehead atoms. The highest BCUT2D eigenvalue weighted by atomic mass is 16.3. The summed E-state index contributed by atoms with van der Waals surface area (Å²) in [5.74, 6) is -0.131. The minimum absolute atomic E-state index is 0.0351. The Bertz CT molecular complexity index is 335. The van der Waals surface area contributed by atoms with Crippen LogP contribution in [0.3, 0.4) is 0 Å². The lowest BCUT2D eigenvalue weighted by molar-refractivity contribution is -0.122. The highest BCUT2D eigenvalue weighted by Gasteiger charge is 2.09. The smallest absolute Gasteiger partial charge is 0.237 e. The van der Waals surface area contributed by atoms with Gasteiger partial charge in [-0.05, 0) is 17.5 Å². The van der Waals surface area contributed by atoms with E-state index in [2.05, 4.69) is 5.32 Å². The predicted octanol–water partition coefficient (Wildman–Crippen LogP) is 0.532. The zero-order chi connectivity index (χ0) is 12.0. The Balaban J connectivity index is 2.45. The number of amides is 1. The summed E-state index contributed by atoms with van der Waals surface area (Å²) in [7, 11) is 0. The molecule has 0 aliphatic rings. The van der Waals surface area contributed by atoms with Gasteiger partial charge in [-0.3, -0.25) is 4.79 Å². The first-order valence-corrected chi connectivity index (χ1v) is 5.39. The monoisotopic (exact) mass is 222 g/mol. The van der Waals surface area contributed by atoms with Crippen molar-refractivity contribution in [3.8, 4) is 0 Å². The van der Waals surface area contributed by atoms with Gasteiger partial charge in [-0.25, -0.2) is 0 Å². The van der Waals surface area contributed by atoms with Crippen molar-refractivity contribution in [2.24, 2.45) is 5.73 Å². The number of rotatable bonds is 5. The van der Waals surface area contributed by atoms with Gasteiger partial charge in [0.15, 0.2) is 0 Å². The molecule has 4 nitrogen and oxygen atoms in total. The van der Waals surface area contributed by atoms with Gasteiger partial charge in [-0.15, -0.1) is 0 Å². The van der Waals surface area contributed by atoms with Gasteiger partial charge < -0.3 is 16.2 Å². The summed E-state index contributed by atoms with van der Waals surface area (Å²) in [6.45, 7) is 2.38. The Morgan fingerprint density at radius 2 is 1.94 bits per heavy atom. The molecular weight excluding hydrogens is 204 g/mol. The van der Waals surface area contributed by atoms with Crippen molar-refractivity contribution in [2.45, 2.75) is 32.5 Å². The Labute approximate surface area is 95.5 Å². The van der Waals surface area contributed by atoms with Gasteiger partial charge in [-0.2, -0.15) is 0 Å². The van der Waals surface area contributed by atoms with Crippen LogP contribution in [0.15, 0.2) is 24.3 Å². The second kappa shape index (κ2) is 6.25. The Morgan fingerprint density at radius 3 is 2.44 bits per heavy atom. The van der Waals surface area contributed by atoms with Crippen LogP contribution in [0.4, 0.5) is 0 Å². The van der Waals surface area contributed by atoms with Crippen LogP contribution >= 0.6 is 0 Å². The zero-order valence-corrected chi connectivity index (χ0v) is 9.44. The first kappa shape index (κ1) is 12.7. The van der Waals surface area contributed by atoms with Crippen molar-refractivity contribution in [3.63, 3.8) is 0 Å². The average molecular weight is 222 g/mol. The molecule has 0 spiro atoms. The standard InChI is InChI=1S/C12H18N2O2/c1-2-11(13)12(16)14-7-9-3-5-10(8-15)6-4-9/h3-6,11,15H,2,7-8,13H2,1H3,(H,14,16). The predicted molar refractivity (Wildman–Crippen MR) is 62.5 cm³/mol. The molecular formula is C12H18N2O2. The van der Waals surface area contributed by atoms with Gasteiger partial charge in [0.05, 0.1) is 12.6 Å². The highest BCUT2D eigenvalue weighted by Crippen LogP contribution is 2.04. The van der Waals surface area contributed by atoms with Gasteiger partial charge >= 0.3 is 0 Å². The molecule has 0 aromatic heterocycles. The first-order chi connectivity index (χ1) is 7.67. The third-order valence-corrected chi connectivity index (χ3v) is 2.45. The number of hydrogen-bond donors (Lipinski definition) is 3. The van der Waals surface area contributed by atoms with Crippen molar-refractivity contribution in [1.29, 1.82) is 0 Å². The largest absolute Gasteiger partial charge is 0.392 e. The number of nitrogens with one attached hydrogen (secondary N) is 1. The summed E-state index contributed by atoms with van der Waals surface area (Å²) in [5.41, 5.74) is 7.44. The second-order valence-electron chi connectivity index (χ2n) is 3.71. The molecule has 0 aliphatic carbocycles. The lowest BCUT2D eigenvalue weighted by Gasteiger charge is -2.10. The number of carbonyl (C=O) groups is 1. The van der Waals surface area contributed by atoms with Crippen LogP contribution in [0.2, 0.25) is 0 Å². The normalized spacial score (nSPS) is 12.2. The Kier molecular flexibility index (Phi) is 4.95. The molecule has 1 rings (SSSR count). The maximum absolute atomic E-state index is 11.4. The fourth-order valence-electron chi connectivity index (χ4n) is 1.27. The molecule has 0 aliphatic heterocycles. The molecule has 0 fully saturated rings. The van der Waals surface area contributed by atoms with Crippen LogP contribution in [0, 0.1) is 0 Å². The van der Waals surface area contributed by atoms with Crippen molar-refractivity contribution < 1.29 is 9.90 Å². The lowest BCUT2D eigenvalue weighted by atomic mass is 10.1. The summed E-state index contributed by atoms with van der Waals surface area (Å²) in [5, 5.41) is 11.6. The molecule has 0 heterocycles. The van der Waals surface area contributed by atoms with Crippen LogP contribution in [-0.4, -0.2) is 17.1 Å². The van der Waals surface area contributed by atoms with Crippen LogP contribution in [0.1, 0.15) is 24.5 Å². The SMILES string of the molecule is CCC(N)C(=O)NCc1ccc(CO)cc1. The molecule has 0 saturated carbocycles. The first-order valence-electron chi connectivity index (χ1n) is 5.39. The van der Waals surface area contributed by atoms with E-state index in [0.717, 1.165) is 11.1 Å². The van der Waals surface area contributed by atoms with E-state index in [9.17, 15) is 4.79 Å². The lowest BCUT2D eigenvalue weighted by Crippen LogP contribution is -2.39. The number of carbonyl (C=O) groups excluding carboxylic acids is 1. The molecule has 0 radical (unpaired) electrons. The number of benzene rings is 1. The van der Waals surface area contributed by atoms with Gasteiger partial charge in [0.25, 0.3) is 0 Å². The molecule has 4 N–H and O–H groups in total. The maximum Gasteiger partial charge on any atom is 0.237 e. The minimum atomic E-state index is -0.434. The van der Waals surface area contributed by atoms with Crippen LogP contribution < -0.4 is 11.1 Å². The molecule has 1 aromatic rings. The van der Waals surface area contributed by atoms with Crippen LogP contribution in [-0.2, 0) is 17.9 Å². The van der Waals surface area contributed by atoms with Crippen molar-refractivity contribution in [1.82, 2.24) is 5.32 Å². The summed E-state index contributed by atoms with van der Waals surface area (Å²) < 4.78 is 0. The van der Waals surface area contributed by atoms with E-state index in [1.165, 1.54) is 0 Å². The highest BCUT2D eigenvalue weighted by molar-refractivity contribution is 5.81. The van der Waals surface area contributed by atoms with E-state index in [-0.39, 0.29) is 12.5 Å². The van der Waals surface area contributed by atoms with E-state index < -0.39 is 6.04 Å². The number of aliphatic hydroxyl groups excluding tert-OH is 1. The van der Waals surface area contributed by atoms with Crippen molar-refractivity contribution >= 4 is 5.91 Å². The number of nitrogens with two attached hydrogens (primary N) is 1. The van der Waals surface area contributed by atoms with E-state index in [0.29, 0.717) is 13.0 Å². The van der Waals surface area contributed by atoms with Crippen LogP contribution in [0.5, 0.6) is 0 Å². The Hall–Kier alpha value is -1.39. The van der Waals surface area contributed by atoms with Crippen molar-refractivity contribution in [3.05, 3.63) is 35.4 Å². The number of hydrogen-bond acceptors (Lipinski definition) is 3.